The maximum absolute atomic E-state index is 12.7. The van der Waals surface area contributed by atoms with Gasteiger partial charge >= 0.3 is 5.97 Å². The largest absolute Gasteiger partial charge is 0.462 e. The highest BCUT2D eigenvalue weighted by Crippen LogP contribution is 2.66. The normalized spacial score (nSPS) is 34.4. The van der Waals surface area contributed by atoms with Gasteiger partial charge in [-0.3, -0.25) is 4.79 Å². The average molecular weight is 569 g/mol. The quantitative estimate of drug-likeness (QED) is 0.0933. The third kappa shape index (κ3) is 8.44. The zero-order valence-corrected chi connectivity index (χ0v) is 28.0. The maximum atomic E-state index is 12.7. The van der Waals surface area contributed by atoms with E-state index in [0.717, 1.165) is 42.9 Å². The lowest BCUT2D eigenvalue weighted by molar-refractivity contribution is -0.151. The van der Waals surface area contributed by atoms with Crippen molar-refractivity contribution in [2.75, 3.05) is 0 Å². The second kappa shape index (κ2) is 16.3. The molecule has 4 rings (SSSR count). The van der Waals surface area contributed by atoms with Gasteiger partial charge in [0.25, 0.3) is 0 Å². The van der Waals surface area contributed by atoms with Crippen molar-refractivity contribution in [3.63, 3.8) is 0 Å². The Labute approximate surface area is 255 Å². The Bertz CT molecular complexity index is 814. The van der Waals surface area contributed by atoms with Gasteiger partial charge in [0.05, 0.1) is 0 Å². The van der Waals surface area contributed by atoms with Crippen molar-refractivity contribution in [2.45, 2.75) is 194 Å². The van der Waals surface area contributed by atoms with Crippen molar-refractivity contribution in [2.24, 2.45) is 34.5 Å². The molecule has 236 valence electrons. The molecule has 0 heterocycles. The zero-order chi connectivity index (χ0) is 29.1. The summed E-state index contributed by atoms with van der Waals surface area (Å²) in [7, 11) is 0. The van der Waals surface area contributed by atoms with Crippen molar-refractivity contribution in [1.29, 1.82) is 0 Å². The standard InChI is InChI=1S/C39H68O2/c1-5-7-9-11-13-14-15-17-19-21-37(40)41-33-26-28-39(4)32(30-33)22-24-34-35-25-23-31(20-18-16-12-10-8-6-2)38(35,3)29-27-36(34)39/h22,31,33-36H,5-21,23-30H2,1-4H3/t31-,33+,34+,35-,36+,38-,39+/m1/s1. The predicted octanol–water partition coefficient (Wildman–Crippen LogP) is 12.1. The molecule has 0 N–H and O–H groups in total. The van der Waals surface area contributed by atoms with Crippen LogP contribution in [0.5, 0.6) is 0 Å². The fraction of sp³-hybridized carbons (Fsp3) is 0.923. The molecule has 2 heteroatoms. The van der Waals surface area contributed by atoms with Crippen LogP contribution in [0.1, 0.15) is 188 Å². The molecule has 3 saturated carbocycles. The van der Waals surface area contributed by atoms with Crippen LogP contribution in [0.3, 0.4) is 0 Å². The first-order valence-corrected chi connectivity index (χ1v) is 18.8. The van der Waals surface area contributed by atoms with E-state index in [4.69, 9.17) is 4.74 Å². The Morgan fingerprint density at radius 2 is 1.39 bits per heavy atom. The van der Waals surface area contributed by atoms with Gasteiger partial charge in [0.15, 0.2) is 0 Å². The Kier molecular flexibility index (Phi) is 13.2. The number of carbonyl (C=O) groups excluding carboxylic acids is 1. The second-order valence-electron chi connectivity index (χ2n) is 15.6. The minimum Gasteiger partial charge on any atom is -0.462 e. The van der Waals surface area contributed by atoms with E-state index in [1.807, 2.05) is 0 Å². The molecular formula is C39H68O2. The molecule has 0 spiro atoms. The number of esters is 1. The number of carbonyl (C=O) groups is 1. The van der Waals surface area contributed by atoms with Crippen LogP contribution in [0.25, 0.3) is 0 Å². The predicted molar refractivity (Wildman–Crippen MR) is 175 cm³/mol. The van der Waals surface area contributed by atoms with Crippen LogP contribution in [0, 0.1) is 34.5 Å². The number of unbranched alkanes of at least 4 members (excludes halogenated alkanes) is 13. The first-order valence-electron chi connectivity index (χ1n) is 18.8. The summed E-state index contributed by atoms with van der Waals surface area (Å²) >= 11 is 0. The molecule has 41 heavy (non-hydrogen) atoms. The molecule has 0 aromatic carbocycles. The highest BCUT2D eigenvalue weighted by atomic mass is 16.5. The number of fused-ring (bicyclic) bond motifs is 5. The Morgan fingerprint density at radius 3 is 2.07 bits per heavy atom. The maximum Gasteiger partial charge on any atom is 0.306 e. The summed E-state index contributed by atoms with van der Waals surface area (Å²) in [6.45, 7) is 9.90. The smallest absolute Gasteiger partial charge is 0.306 e. The van der Waals surface area contributed by atoms with Gasteiger partial charge in [-0.15, -0.1) is 0 Å². The van der Waals surface area contributed by atoms with E-state index in [2.05, 4.69) is 33.8 Å². The van der Waals surface area contributed by atoms with Crippen molar-refractivity contribution in [3.05, 3.63) is 11.6 Å². The van der Waals surface area contributed by atoms with Crippen LogP contribution in [0.4, 0.5) is 0 Å². The summed E-state index contributed by atoms with van der Waals surface area (Å²) in [6.07, 6.45) is 35.5. The summed E-state index contributed by atoms with van der Waals surface area (Å²) in [5.74, 6) is 3.72. The van der Waals surface area contributed by atoms with Gasteiger partial charge in [0.1, 0.15) is 6.10 Å². The Balaban J connectivity index is 1.20. The molecule has 0 aliphatic heterocycles. The molecule has 4 aliphatic rings. The number of hydrogen-bond acceptors (Lipinski definition) is 2. The lowest BCUT2D eigenvalue weighted by Gasteiger charge is -2.58. The van der Waals surface area contributed by atoms with Crippen LogP contribution in [-0.4, -0.2) is 12.1 Å². The molecule has 0 bridgehead atoms. The summed E-state index contributed by atoms with van der Waals surface area (Å²) in [5.41, 5.74) is 2.59. The summed E-state index contributed by atoms with van der Waals surface area (Å²) in [6, 6.07) is 0. The van der Waals surface area contributed by atoms with Gasteiger partial charge in [-0.25, -0.2) is 0 Å². The highest BCUT2D eigenvalue weighted by Gasteiger charge is 2.58. The van der Waals surface area contributed by atoms with E-state index >= 15 is 0 Å². The van der Waals surface area contributed by atoms with E-state index < -0.39 is 0 Å². The average Bonchev–Trinajstić information content (AvgIpc) is 3.30. The van der Waals surface area contributed by atoms with Gasteiger partial charge in [-0.2, -0.15) is 0 Å². The van der Waals surface area contributed by atoms with Gasteiger partial charge in [0.2, 0.25) is 0 Å². The minimum absolute atomic E-state index is 0.0617. The van der Waals surface area contributed by atoms with Crippen LogP contribution >= 0.6 is 0 Å². The molecule has 0 aromatic heterocycles. The first kappa shape index (κ1) is 33.1. The van der Waals surface area contributed by atoms with Crippen LogP contribution in [-0.2, 0) is 9.53 Å². The highest BCUT2D eigenvalue weighted by molar-refractivity contribution is 5.69. The third-order valence-electron chi connectivity index (χ3n) is 12.9. The molecule has 0 unspecified atom stereocenters. The van der Waals surface area contributed by atoms with Crippen molar-refractivity contribution < 1.29 is 9.53 Å². The molecule has 2 nitrogen and oxygen atoms in total. The number of rotatable bonds is 18. The van der Waals surface area contributed by atoms with Gasteiger partial charge in [-0.05, 0) is 92.3 Å². The monoisotopic (exact) mass is 569 g/mol. The first-order chi connectivity index (χ1) is 19.9. The SMILES string of the molecule is CCCCCCCCCCCC(=O)O[C@H]1CC[C@@]2(C)C(=CC[C@H]3[C@H]4CC[C@@H](CCCCCCCC)[C@@]4(C)CC[C@@H]32)C1. The molecular weight excluding hydrogens is 500 g/mol. The minimum atomic E-state index is 0.0617. The fourth-order valence-electron chi connectivity index (χ4n) is 10.3. The van der Waals surface area contributed by atoms with E-state index in [0.29, 0.717) is 17.3 Å². The summed E-state index contributed by atoms with van der Waals surface area (Å²) in [4.78, 5) is 12.7. The number of allylic oxidation sites excluding steroid dienone is 1. The summed E-state index contributed by atoms with van der Waals surface area (Å²) < 4.78 is 6.08. The van der Waals surface area contributed by atoms with Crippen molar-refractivity contribution in [3.8, 4) is 0 Å². The number of ether oxygens (including phenoxy) is 1. The molecule has 0 amide bonds. The third-order valence-corrected chi connectivity index (χ3v) is 12.9. The Morgan fingerprint density at radius 1 is 0.756 bits per heavy atom. The lowest BCUT2D eigenvalue weighted by atomic mass is 9.47. The van der Waals surface area contributed by atoms with E-state index in [9.17, 15) is 4.79 Å². The summed E-state index contributed by atoms with van der Waals surface area (Å²) in [5, 5.41) is 0. The van der Waals surface area contributed by atoms with Gasteiger partial charge in [-0.1, -0.05) is 129 Å². The topological polar surface area (TPSA) is 26.3 Å². The molecule has 0 radical (unpaired) electrons. The Hall–Kier alpha value is -0.790. The van der Waals surface area contributed by atoms with Gasteiger partial charge < -0.3 is 4.74 Å². The van der Waals surface area contributed by atoms with E-state index in [1.165, 1.54) is 135 Å². The van der Waals surface area contributed by atoms with E-state index in [-0.39, 0.29) is 12.1 Å². The van der Waals surface area contributed by atoms with Crippen LogP contribution in [0.15, 0.2) is 11.6 Å². The van der Waals surface area contributed by atoms with Gasteiger partial charge in [0, 0.05) is 12.8 Å². The zero-order valence-electron chi connectivity index (χ0n) is 28.0. The van der Waals surface area contributed by atoms with Crippen LogP contribution in [0.2, 0.25) is 0 Å². The van der Waals surface area contributed by atoms with Crippen LogP contribution < -0.4 is 0 Å². The molecule has 0 aromatic rings. The lowest BCUT2D eigenvalue weighted by Crippen LogP contribution is -2.50. The van der Waals surface area contributed by atoms with Crippen molar-refractivity contribution >= 4 is 5.97 Å². The number of hydrogen-bond donors (Lipinski definition) is 0. The molecule has 7 atom stereocenters. The fourth-order valence-corrected chi connectivity index (χ4v) is 10.3. The molecule has 4 aliphatic carbocycles. The van der Waals surface area contributed by atoms with Crippen molar-refractivity contribution in [1.82, 2.24) is 0 Å². The molecule has 0 saturated heterocycles. The van der Waals surface area contributed by atoms with E-state index in [1.54, 1.807) is 5.57 Å². The second-order valence-corrected chi connectivity index (χ2v) is 15.6. The molecule has 3 fully saturated rings.